The Morgan fingerprint density at radius 1 is 1.35 bits per heavy atom. The van der Waals surface area contributed by atoms with Crippen molar-refractivity contribution in [3.8, 4) is 0 Å². The van der Waals surface area contributed by atoms with E-state index in [1.165, 1.54) is 6.42 Å². The molecule has 1 N–H and O–H groups in total. The second kappa shape index (κ2) is 5.83. The van der Waals surface area contributed by atoms with Gasteiger partial charge in [0.1, 0.15) is 0 Å². The molecule has 1 saturated carbocycles. The Balaban J connectivity index is 2.01. The first-order valence-corrected chi connectivity index (χ1v) is 6.84. The summed E-state index contributed by atoms with van der Waals surface area (Å²) in [6.45, 7) is 3.83. The summed E-state index contributed by atoms with van der Waals surface area (Å²) < 4.78 is 5.51. The molecule has 2 fully saturated rings. The Kier molecular flexibility index (Phi) is 4.40. The summed E-state index contributed by atoms with van der Waals surface area (Å²) in [6.07, 6.45) is 5.71. The Labute approximate surface area is 104 Å². The molecule has 0 spiro atoms. The zero-order valence-electron chi connectivity index (χ0n) is 10.9. The van der Waals surface area contributed by atoms with Gasteiger partial charge < -0.3 is 15.0 Å². The molecule has 98 valence electrons. The maximum absolute atomic E-state index is 12.4. The van der Waals surface area contributed by atoms with Crippen LogP contribution in [0, 0.1) is 0 Å². The summed E-state index contributed by atoms with van der Waals surface area (Å²) in [5.74, 6) is 0.284. The monoisotopic (exact) mass is 240 g/mol. The summed E-state index contributed by atoms with van der Waals surface area (Å²) >= 11 is 0. The number of likely N-dealkylation sites (N-methyl/N-ethyl adjacent to an activating group) is 1. The van der Waals surface area contributed by atoms with Gasteiger partial charge in [0.2, 0.25) is 5.91 Å². The van der Waals surface area contributed by atoms with Crippen molar-refractivity contribution in [1.29, 1.82) is 0 Å². The van der Waals surface area contributed by atoms with Crippen LogP contribution in [-0.2, 0) is 9.53 Å². The zero-order chi connectivity index (χ0) is 12.3. The molecular formula is C13H24N2O2. The van der Waals surface area contributed by atoms with Gasteiger partial charge in [0.05, 0.1) is 18.2 Å². The summed E-state index contributed by atoms with van der Waals surface area (Å²) in [6, 6.07) is 0.348. The van der Waals surface area contributed by atoms with E-state index < -0.39 is 0 Å². The predicted molar refractivity (Wildman–Crippen MR) is 66.8 cm³/mol. The van der Waals surface area contributed by atoms with Gasteiger partial charge >= 0.3 is 0 Å². The van der Waals surface area contributed by atoms with Gasteiger partial charge in [0.25, 0.3) is 0 Å². The van der Waals surface area contributed by atoms with E-state index in [4.69, 9.17) is 4.74 Å². The van der Waals surface area contributed by atoms with E-state index in [2.05, 4.69) is 17.1 Å². The van der Waals surface area contributed by atoms with Crippen molar-refractivity contribution >= 4 is 5.91 Å². The first kappa shape index (κ1) is 12.8. The third kappa shape index (κ3) is 2.63. The van der Waals surface area contributed by atoms with Gasteiger partial charge in [-0.2, -0.15) is 0 Å². The average Bonchev–Trinajstić information content (AvgIpc) is 2.80. The maximum Gasteiger partial charge on any atom is 0.240 e. The van der Waals surface area contributed by atoms with E-state index in [1.54, 1.807) is 7.11 Å². The number of hydrogen-bond acceptors (Lipinski definition) is 3. The summed E-state index contributed by atoms with van der Waals surface area (Å²) in [4.78, 5) is 14.4. The molecule has 3 unspecified atom stereocenters. The minimum Gasteiger partial charge on any atom is -0.379 e. The van der Waals surface area contributed by atoms with Crippen molar-refractivity contribution in [3.63, 3.8) is 0 Å². The van der Waals surface area contributed by atoms with E-state index >= 15 is 0 Å². The third-order valence-corrected chi connectivity index (χ3v) is 4.04. The van der Waals surface area contributed by atoms with Crippen LogP contribution >= 0.6 is 0 Å². The highest BCUT2D eigenvalue weighted by Crippen LogP contribution is 2.29. The predicted octanol–water partition coefficient (Wildman–Crippen LogP) is 1.15. The molecule has 1 amide bonds. The van der Waals surface area contributed by atoms with Crippen LogP contribution in [0.3, 0.4) is 0 Å². The molecule has 1 saturated heterocycles. The fourth-order valence-corrected chi connectivity index (χ4v) is 3.20. The van der Waals surface area contributed by atoms with Crippen molar-refractivity contribution in [3.05, 3.63) is 0 Å². The highest BCUT2D eigenvalue weighted by atomic mass is 16.5. The van der Waals surface area contributed by atoms with E-state index in [9.17, 15) is 4.79 Å². The number of rotatable bonds is 4. The van der Waals surface area contributed by atoms with Crippen LogP contribution < -0.4 is 5.32 Å². The summed E-state index contributed by atoms with van der Waals surface area (Å²) in [5.41, 5.74) is 0. The molecule has 1 aliphatic heterocycles. The lowest BCUT2D eigenvalue weighted by Crippen LogP contribution is -2.56. The molecule has 4 nitrogen and oxygen atoms in total. The molecule has 0 bridgehead atoms. The first-order valence-electron chi connectivity index (χ1n) is 6.84. The second-order valence-electron chi connectivity index (χ2n) is 5.06. The van der Waals surface area contributed by atoms with E-state index in [0.717, 1.165) is 38.8 Å². The molecule has 0 aromatic heterocycles. The van der Waals surface area contributed by atoms with Crippen LogP contribution in [0.2, 0.25) is 0 Å². The molecular weight excluding hydrogens is 216 g/mol. The standard InChI is InChI=1S/C13H24N2O2/c1-3-14-10-6-5-9-15(13(10)16)11-7-4-8-12(11)17-2/h10-12,14H,3-9H2,1-2H3. The van der Waals surface area contributed by atoms with Gasteiger partial charge in [0.15, 0.2) is 0 Å². The Hall–Kier alpha value is -0.610. The number of carbonyl (C=O) groups excluding carboxylic acids is 1. The smallest absolute Gasteiger partial charge is 0.240 e. The molecule has 2 rings (SSSR count). The number of carbonyl (C=O) groups is 1. The Bertz CT molecular complexity index is 268. The third-order valence-electron chi connectivity index (χ3n) is 4.04. The van der Waals surface area contributed by atoms with Crippen LogP contribution in [0.4, 0.5) is 0 Å². The molecule has 1 aliphatic carbocycles. The fraction of sp³-hybridized carbons (Fsp3) is 0.923. The normalized spacial score (nSPS) is 34.4. The number of hydrogen-bond donors (Lipinski definition) is 1. The highest BCUT2D eigenvalue weighted by Gasteiger charge is 2.38. The summed E-state index contributed by atoms with van der Waals surface area (Å²) in [7, 11) is 1.76. The number of nitrogens with one attached hydrogen (secondary N) is 1. The minimum absolute atomic E-state index is 0.0341. The minimum atomic E-state index is 0.0341. The molecule has 0 aromatic carbocycles. The lowest BCUT2D eigenvalue weighted by Gasteiger charge is -2.38. The van der Waals surface area contributed by atoms with Gasteiger partial charge in [-0.1, -0.05) is 6.92 Å². The van der Waals surface area contributed by atoms with Crippen LogP contribution in [0.5, 0.6) is 0 Å². The van der Waals surface area contributed by atoms with Crippen LogP contribution in [0.15, 0.2) is 0 Å². The van der Waals surface area contributed by atoms with Crippen molar-refractivity contribution in [2.45, 2.75) is 57.2 Å². The fourth-order valence-electron chi connectivity index (χ4n) is 3.20. The first-order chi connectivity index (χ1) is 8.27. The summed E-state index contributed by atoms with van der Waals surface area (Å²) in [5, 5.41) is 3.29. The molecule has 0 radical (unpaired) electrons. The Morgan fingerprint density at radius 2 is 2.18 bits per heavy atom. The number of methoxy groups -OCH3 is 1. The van der Waals surface area contributed by atoms with Crippen molar-refractivity contribution < 1.29 is 9.53 Å². The zero-order valence-corrected chi connectivity index (χ0v) is 10.9. The van der Waals surface area contributed by atoms with Gasteiger partial charge in [-0.05, 0) is 38.6 Å². The molecule has 0 aromatic rings. The lowest BCUT2D eigenvalue weighted by atomic mass is 10.0. The molecule has 2 aliphatic rings. The van der Waals surface area contributed by atoms with Crippen molar-refractivity contribution in [2.24, 2.45) is 0 Å². The van der Waals surface area contributed by atoms with E-state index in [1.807, 2.05) is 0 Å². The van der Waals surface area contributed by atoms with Crippen molar-refractivity contribution in [1.82, 2.24) is 10.2 Å². The molecule has 1 heterocycles. The highest BCUT2D eigenvalue weighted by molar-refractivity contribution is 5.83. The van der Waals surface area contributed by atoms with Crippen LogP contribution in [0.1, 0.15) is 39.0 Å². The average molecular weight is 240 g/mol. The topological polar surface area (TPSA) is 41.6 Å². The molecule has 17 heavy (non-hydrogen) atoms. The number of ether oxygens (including phenoxy) is 1. The Morgan fingerprint density at radius 3 is 2.88 bits per heavy atom. The quantitative estimate of drug-likeness (QED) is 0.801. The maximum atomic E-state index is 12.4. The SMILES string of the molecule is CCNC1CCCN(C2CCCC2OC)C1=O. The van der Waals surface area contributed by atoms with Crippen LogP contribution in [-0.4, -0.2) is 49.2 Å². The lowest BCUT2D eigenvalue weighted by molar-refractivity contribution is -0.141. The van der Waals surface area contributed by atoms with Gasteiger partial charge in [-0.25, -0.2) is 0 Å². The van der Waals surface area contributed by atoms with Gasteiger partial charge in [-0.3, -0.25) is 4.79 Å². The van der Waals surface area contributed by atoms with Crippen LogP contribution in [0.25, 0.3) is 0 Å². The van der Waals surface area contributed by atoms with Crippen molar-refractivity contribution in [2.75, 3.05) is 20.2 Å². The number of nitrogens with zero attached hydrogens (tertiary/aromatic N) is 1. The molecule has 3 atom stereocenters. The number of likely N-dealkylation sites (tertiary alicyclic amines) is 1. The number of piperidine rings is 1. The van der Waals surface area contributed by atoms with E-state index in [0.29, 0.717) is 6.04 Å². The van der Waals surface area contributed by atoms with Gasteiger partial charge in [-0.15, -0.1) is 0 Å². The van der Waals surface area contributed by atoms with Gasteiger partial charge in [0, 0.05) is 13.7 Å². The second-order valence-corrected chi connectivity index (χ2v) is 5.06. The number of amides is 1. The molecule has 4 heteroatoms. The van der Waals surface area contributed by atoms with E-state index in [-0.39, 0.29) is 18.1 Å². The largest absolute Gasteiger partial charge is 0.379 e.